The van der Waals surface area contributed by atoms with Gasteiger partial charge < -0.3 is 5.32 Å². The molecule has 1 N–H and O–H groups in total. The standard InChI is InChI=1S/C12H15ClFNO/c1-12(2,8-13)10(14)11(16)15-9-6-4-3-5-7-9/h3-7,10H,8H2,1-2H3,(H,15,16). The Kier molecular flexibility index (Phi) is 4.30. The normalized spacial score (nSPS) is 13.2. The predicted octanol–water partition coefficient (Wildman–Crippen LogP) is 3.23. The molecule has 1 rings (SSSR count). The second kappa shape index (κ2) is 5.30. The summed E-state index contributed by atoms with van der Waals surface area (Å²) < 4.78 is 13.8. The van der Waals surface area contributed by atoms with Crippen molar-refractivity contribution in [3.8, 4) is 0 Å². The molecule has 0 aliphatic heterocycles. The van der Waals surface area contributed by atoms with Gasteiger partial charge in [0.1, 0.15) is 0 Å². The van der Waals surface area contributed by atoms with Crippen molar-refractivity contribution >= 4 is 23.2 Å². The number of halogens is 2. The van der Waals surface area contributed by atoms with Gasteiger partial charge >= 0.3 is 0 Å². The zero-order valence-corrected chi connectivity index (χ0v) is 10.1. The SMILES string of the molecule is CC(C)(CCl)C(F)C(=O)Nc1ccccc1. The van der Waals surface area contributed by atoms with Gasteiger partial charge in [-0.25, -0.2) is 4.39 Å². The van der Waals surface area contributed by atoms with Crippen LogP contribution in [0.3, 0.4) is 0 Å². The summed E-state index contributed by atoms with van der Waals surface area (Å²) in [5, 5.41) is 2.51. The molecule has 2 nitrogen and oxygen atoms in total. The maximum absolute atomic E-state index is 13.8. The second-order valence-corrected chi connectivity index (χ2v) is 4.61. The Labute approximate surface area is 99.8 Å². The third-order valence-electron chi connectivity index (χ3n) is 2.30. The van der Waals surface area contributed by atoms with Crippen molar-refractivity contribution in [3.63, 3.8) is 0 Å². The summed E-state index contributed by atoms with van der Waals surface area (Å²) in [5.74, 6) is -0.562. The van der Waals surface area contributed by atoms with E-state index in [0.717, 1.165) is 0 Å². The Hall–Kier alpha value is -1.09. The molecular weight excluding hydrogens is 229 g/mol. The molecule has 0 bridgehead atoms. The van der Waals surface area contributed by atoms with Crippen LogP contribution in [0, 0.1) is 5.41 Å². The Morgan fingerprint density at radius 3 is 2.50 bits per heavy atom. The maximum atomic E-state index is 13.8. The molecule has 1 aromatic carbocycles. The Balaban J connectivity index is 2.66. The van der Waals surface area contributed by atoms with Gasteiger partial charge in [0.05, 0.1) is 0 Å². The summed E-state index contributed by atoms with van der Waals surface area (Å²) in [6.45, 7) is 3.24. The van der Waals surface area contributed by atoms with Gasteiger partial charge in [-0.3, -0.25) is 4.79 Å². The first kappa shape index (κ1) is 13.0. The smallest absolute Gasteiger partial charge is 0.259 e. The number of nitrogens with one attached hydrogen (secondary N) is 1. The van der Waals surface area contributed by atoms with Gasteiger partial charge in [0.2, 0.25) is 0 Å². The first-order valence-electron chi connectivity index (χ1n) is 5.03. The van der Waals surface area contributed by atoms with Gasteiger partial charge in [-0.2, -0.15) is 0 Å². The monoisotopic (exact) mass is 243 g/mol. The number of carbonyl (C=O) groups is 1. The van der Waals surface area contributed by atoms with Crippen LogP contribution in [0.2, 0.25) is 0 Å². The topological polar surface area (TPSA) is 29.1 Å². The molecule has 16 heavy (non-hydrogen) atoms. The summed E-state index contributed by atoms with van der Waals surface area (Å²) in [4.78, 5) is 11.6. The van der Waals surface area contributed by atoms with E-state index in [1.807, 2.05) is 6.07 Å². The molecule has 1 atom stereocenters. The van der Waals surface area contributed by atoms with Crippen LogP contribution in [0.1, 0.15) is 13.8 Å². The predicted molar refractivity (Wildman–Crippen MR) is 64.5 cm³/mol. The van der Waals surface area contributed by atoms with Crippen LogP contribution in [-0.4, -0.2) is 18.0 Å². The quantitative estimate of drug-likeness (QED) is 0.809. The number of benzene rings is 1. The van der Waals surface area contributed by atoms with Crippen LogP contribution in [0.25, 0.3) is 0 Å². The first-order chi connectivity index (χ1) is 7.47. The van der Waals surface area contributed by atoms with Crippen molar-refractivity contribution in [1.29, 1.82) is 0 Å². The highest BCUT2D eigenvalue weighted by Gasteiger charge is 2.34. The summed E-state index contributed by atoms with van der Waals surface area (Å²) in [7, 11) is 0. The molecule has 0 aliphatic rings. The molecule has 0 aliphatic carbocycles. The summed E-state index contributed by atoms with van der Waals surface area (Å²) in [6.07, 6.45) is -1.62. The van der Waals surface area contributed by atoms with Crippen molar-refractivity contribution in [1.82, 2.24) is 0 Å². The molecule has 4 heteroatoms. The van der Waals surface area contributed by atoms with Crippen molar-refractivity contribution in [2.75, 3.05) is 11.2 Å². The number of hydrogen-bond acceptors (Lipinski definition) is 1. The van der Waals surface area contributed by atoms with Gasteiger partial charge in [0.15, 0.2) is 6.17 Å². The van der Waals surface area contributed by atoms with Crippen molar-refractivity contribution < 1.29 is 9.18 Å². The molecule has 1 aromatic rings. The summed E-state index contributed by atoms with van der Waals surface area (Å²) in [5.41, 5.74) is -0.277. The van der Waals surface area contributed by atoms with Gasteiger partial charge in [-0.15, -0.1) is 11.6 Å². The molecule has 0 heterocycles. The highest BCUT2D eigenvalue weighted by atomic mass is 35.5. The third kappa shape index (κ3) is 3.20. The van der Waals surface area contributed by atoms with E-state index in [1.54, 1.807) is 38.1 Å². The molecule has 0 aromatic heterocycles. The van der Waals surface area contributed by atoms with E-state index in [0.29, 0.717) is 5.69 Å². The van der Waals surface area contributed by atoms with Crippen LogP contribution in [0.5, 0.6) is 0 Å². The second-order valence-electron chi connectivity index (χ2n) is 4.34. The van der Waals surface area contributed by atoms with E-state index in [1.165, 1.54) is 0 Å². The highest BCUT2D eigenvalue weighted by molar-refractivity contribution is 6.18. The van der Waals surface area contributed by atoms with Crippen LogP contribution < -0.4 is 5.32 Å². The van der Waals surface area contributed by atoms with Gasteiger partial charge in [0, 0.05) is 17.0 Å². The average molecular weight is 244 g/mol. The number of amides is 1. The average Bonchev–Trinajstić information content (AvgIpc) is 2.29. The number of rotatable bonds is 4. The van der Waals surface area contributed by atoms with Crippen LogP contribution in [-0.2, 0) is 4.79 Å². The highest BCUT2D eigenvalue weighted by Crippen LogP contribution is 2.26. The molecule has 0 saturated heterocycles. The minimum Gasteiger partial charge on any atom is -0.324 e. The van der Waals surface area contributed by atoms with Crippen molar-refractivity contribution in [2.45, 2.75) is 20.0 Å². The lowest BCUT2D eigenvalue weighted by Crippen LogP contribution is -2.38. The Morgan fingerprint density at radius 2 is 2.00 bits per heavy atom. The van der Waals surface area contributed by atoms with Crippen molar-refractivity contribution in [2.24, 2.45) is 5.41 Å². The Morgan fingerprint density at radius 1 is 1.44 bits per heavy atom. The fraction of sp³-hybridized carbons (Fsp3) is 0.417. The van der Waals surface area contributed by atoms with Crippen LogP contribution in [0.15, 0.2) is 30.3 Å². The zero-order chi connectivity index (χ0) is 12.2. The lowest BCUT2D eigenvalue weighted by Gasteiger charge is -2.25. The lowest BCUT2D eigenvalue weighted by atomic mass is 9.89. The number of alkyl halides is 2. The van der Waals surface area contributed by atoms with Crippen LogP contribution in [0.4, 0.5) is 10.1 Å². The largest absolute Gasteiger partial charge is 0.324 e. The fourth-order valence-electron chi connectivity index (χ4n) is 1.15. The van der Waals surface area contributed by atoms with E-state index >= 15 is 0 Å². The lowest BCUT2D eigenvalue weighted by molar-refractivity contribution is -0.124. The minimum atomic E-state index is -1.62. The number of anilines is 1. The molecule has 0 radical (unpaired) electrons. The first-order valence-corrected chi connectivity index (χ1v) is 5.57. The summed E-state index contributed by atoms with van der Waals surface area (Å²) >= 11 is 5.62. The molecular formula is C12H15ClFNO. The van der Waals surface area contributed by atoms with Crippen molar-refractivity contribution in [3.05, 3.63) is 30.3 Å². The fourth-order valence-corrected chi connectivity index (χ4v) is 1.29. The molecule has 1 unspecified atom stereocenters. The van der Waals surface area contributed by atoms with Gasteiger partial charge in [-0.1, -0.05) is 32.0 Å². The molecule has 1 amide bonds. The number of carbonyl (C=O) groups excluding carboxylic acids is 1. The number of hydrogen-bond donors (Lipinski definition) is 1. The van der Waals surface area contributed by atoms with Gasteiger partial charge in [-0.05, 0) is 12.1 Å². The van der Waals surface area contributed by atoms with E-state index in [-0.39, 0.29) is 5.88 Å². The van der Waals surface area contributed by atoms with Crippen LogP contribution >= 0.6 is 11.6 Å². The molecule has 0 spiro atoms. The third-order valence-corrected chi connectivity index (χ3v) is 2.99. The number of para-hydroxylation sites is 1. The van der Waals surface area contributed by atoms with E-state index in [9.17, 15) is 9.18 Å². The maximum Gasteiger partial charge on any atom is 0.259 e. The molecule has 0 fully saturated rings. The van der Waals surface area contributed by atoms with E-state index in [2.05, 4.69) is 5.32 Å². The summed E-state index contributed by atoms with van der Waals surface area (Å²) in [6, 6.07) is 8.78. The van der Waals surface area contributed by atoms with E-state index in [4.69, 9.17) is 11.6 Å². The molecule has 0 saturated carbocycles. The minimum absolute atomic E-state index is 0.0936. The Bertz CT molecular complexity index is 353. The van der Waals surface area contributed by atoms with Gasteiger partial charge in [0.25, 0.3) is 5.91 Å². The zero-order valence-electron chi connectivity index (χ0n) is 9.34. The van der Waals surface area contributed by atoms with E-state index < -0.39 is 17.5 Å². The molecule has 88 valence electrons.